The number of benzene rings is 1. The summed E-state index contributed by atoms with van der Waals surface area (Å²) in [6, 6.07) is 10.8. The summed E-state index contributed by atoms with van der Waals surface area (Å²) in [7, 11) is 0. The molecule has 0 amide bonds. The van der Waals surface area contributed by atoms with Crippen LogP contribution in [0.5, 0.6) is 0 Å². The van der Waals surface area contributed by atoms with Crippen molar-refractivity contribution in [3.8, 4) is 0 Å². The van der Waals surface area contributed by atoms with Crippen molar-refractivity contribution in [2.24, 2.45) is 5.73 Å². The Labute approximate surface area is 113 Å². The van der Waals surface area contributed by atoms with Gasteiger partial charge in [-0.1, -0.05) is 18.2 Å². The van der Waals surface area contributed by atoms with Gasteiger partial charge in [0.05, 0.1) is 5.52 Å². The fourth-order valence-electron chi connectivity index (χ4n) is 2.47. The molecule has 1 aliphatic rings. The predicted molar refractivity (Wildman–Crippen MR) is 76.9 cm³/mol. The van der Waals surface area contributed by atoms with Crippen molar-refractivity contribution in [3.63, 3.8) is 0 Å². The molecule has 1 saturated heterocycles. The van der Waals surface area contributed by atoms with Gasteiger partial charge in [-0.2, -0.15) is 0 Å². The van der Waals surface area contributed by atoms with E-state index >= 15 is 0 Å². The van der Waals surface area contributed by atoms with Crippen molar-refractivity contribution >= 4 is 23.3 Å². The number of hydrogen-bond donors (Lipinski definition) is 1. The molecule has 0 radical (unpaired) electrons. The first-order valence-electron chi connectivity index (χ1n) is 6.13. The van der Waals surface area contributed by atoms with Crippen LogP contribution in [0.25, 0.3) is 10.9 Å². The molecule has 0 aliphatic carbocycles. The van der Waals surface area contributed by atoms with Crippen LogP contribution in [0, 0.1) is 0 Å². The van der Waals surface area contributed by atoms with E-state index in [0.29, 0.717) is 6.04 Å². The third-order valence-electron chi connectivity index (χ3n) is 3.36. The van der Waals surface area contributed by atoms with E-state index in [1.54, 1.807) is 0 Å². The molecular weight excluding hydrogens is 246 g/mol. The largest absolute Gasteiger partial charge is 0.326 e. The average molecular weight is 264 g/mol. The molecular formula is C14H18ClN3. The molecule has 2 N–H and O–H groups in total. The Hall–Kier alpha value is -1.16. The quantitative estimate of drug-likeness (QED) is 0.903. The second-order valence-electron chi connectivity index (χ2n) is 4.82. The number of halogens is 1. The van der Waals surface area contributed by atoms with Crippen molar-refractivity contribution in [2.75, 3.05) is 13.1 Å². The van der Waals surface area contributed by atoms with Crippen molar-refractivity contribution in [3.05, 3.63) is 42.1 Å². The van der Waals surface area contributed by atoms with E-state index in [2.05, 4.69) is 28.1 Å². The standard InChI is InChI=1S/C14H17N3.ClH/c15-13-5-6-17(10-13)9-11-7-12-3-1-2-4-14(12)16-8-11;/h1-4,7-8,13H,5-6,9-10,15H2;1H. The van der Waals surface area contributed by atoms with Crippen LogP contribution in [0.15, 0.2) is 36.5 Å². The summed E-state index contributed by atoms with van der Waals surface area (Å²) in [4.78, 5) is 6.88. The Morgan fingerprint density at radius 3 is 2.94 bits per heavy atom. The summed E-state index contributed by atoms with van der Waals surface area (Å²) >= 11 is 0. The fraction of sp³-hybridized carbons (Fsp3) is 0.357. The molecule has 18 heavy (non-hydrogen) atoms. The van der Waals surface area contributed by atoms with Gasteiger partial charge < -0.3 is 5.73 Å². The zero-order valence-corrected chi connectivity index (χ0v) is 11.1. The molecule has 1 aliphatic heterocycles. The first-order valence-corrected chi connectivity index (χ1v) is 6.13. The molecule has 0 saturated carbocycles. The summed E-state index contributed by atoms with van der Waals surface area (Å²) in [6.45, 7) is 3.08. The summed E-state index contributed by atoms with van der Waals surface area (Å²) < 4.78 is 0. The van der Waals surface area contributed by atoms with E-state index in [4.69, 9.17) is 5.73 Å². The molecule has 1 atom stereocenters. The number of nitrogens with two attached hydrogens (primary N) is 1. The Morgan fingerprint density at radius 1 is 1.33 bits per heavy atom. The normalized spacial score (nSPS) is 19.9. The second kappa shape index (κ2) is 5.65. The Kier molecular flexibility index (Phi) is 4.17. The first kappa shape index (κ1) is 13.3. The fourth-order valence-corrected chi connectivity index (χ4v) is 2.47. The van der Waals surface area contributed by atoms with Crippen LogP contribution < -0.4 is 5.73 Å². The van der Waals surface area contributed by atoms with Crippen molar-refractivity contribution in [1.29, 1.82) is 0 Å². The van der Waals surface area contributed by atoms with Gasteiger partial charge in [0.1, 0.15) is 0 Å². The van der Waals surface area contributed by atoms with Gasteiger partial charge in [0.15, 0.2) is 0 Å². The molecule has 96 valence electrons. The lowest BCUT2D eigenvalue weighted by Crippen LogP contribution is -2.26. The van der Waals surface area contributed by atoms with Crippen LogP contribution in [-0.4, -0.2) is 29.0 Å². The van der Waals surface area contributed by atoms with E-state index in [9.17, 15) is 0 Å². The number of likely N-dealkylation sites (tertiary alicyclic amines) is 1. The van der Waals surface area contributed by atoms with Gasteiger partial charge in [-0.05, 0) is 24.1 Å². The first-order chi connectivity index (χ1) is 8.31. The number of pyridine rings is 1. The number of fused-ring (bicyclic) bond motifs is 1. The van der Waals surface area contributed by atoms with Crippen LogP contribution >= 0.6 is 12.4 Å². The van der Waals surface area contributed by atoms with Gasteiger partial charge in [-0.15, -0.1) is 12.4 Å². The van der Waals surface area contributed by atoms with Gasteiger partial charge in [0, 0.05) is 37.3 Å². The van der Waals surface area contributed by atoms with Gasteiger partial charge in [0.25, 0.3) is 0 Å². The molecule has 4 heteroatoms. The molecule has 2 aromatic rings. The third kappa shape index (κ3) is 2.80. The molecule has 0 bridgehead atoms. The minimum atomic E-state index is 0. The zero-order valence-electron chi connectivity index (χ0n) is 10.2. The van der Waals surface area contributed by atoms with Crippen LogP contribution in [0.1, 0.15) is 12.0 Å². The highest BCUT2D eigenvalue weighted by Crippen LogP contribution is 2.16. The highest BCUT2D eigenvalue weighted by molar-refractivity contribution is 5.85. The maximum Gasteiger partial charge on any atom is 0.0702 e. The van der Waals surface area contributed by atoms with Crippen LogP contribution in [0.3, 0.4) is 0 Å². The van der Waals surface area contributed by atoms with Gasteiger partial charge in [0.2, 0.25) is 0 Å². The summed E-state index contributed by atoms with van der Waals surface area (Å²) in [5.74, 6) is 0. The number of para-hydroxylation sites is 1. The minimum Gasteiger partial charge on any atom is -0.326 e. The molecule has 1 aromatic carbocycles. The molecule has 0 spiro atoms. The number of rotatable bonds is 2. The molecule has 1 aromatic heterocycles. The number of nitrogens with zero attached hydrogens (tertiary/aromatic N) is 2. The highest BCUT2D eigenvalue weighted by Gasteiger charge is 2.18. The summed E-state index contributed by atoms with van der Waals surface area (Å²) in [5, 5.41) is 1.22. The minimum absolute atomic E-state index is 0. The number of hydrogen-bond acceptors (Lipinski definition) is 3. The lowest BCUT2D eigenvalue weighted by molar-refractivity contribution is 0.326. The van der Waals surface area contributed by atoms with Crippen LogP contribution in [0.2, 0.25) is 0 Å². The van der Waals surface area contributed by atoms with Crippen molar-refractivity contribution in [1.82, 2.24) is 9.88 Å². The van der Waals surface area contributed by atoms with Gasteiger partial charge in [-0.3, -0.25) is 9.88 Å². The van der Waals surface area contributed by atoms with E-state index in [-0.39, 0.29) is 12.4 Å². The lowest BCUT2D eigenvalue weighted by atomic mass is 10.1. The molecule has 2 heterocycles. The van der Waals surface area contributed by atoms with Crippen molar-refractivity contribution in [2.45, 2.75) is 19.0 Å². The molecule has 3 nitrogen and oxygen atoms in total. The summed E-state index contributed by atoms with van der Waals surface area (Å²) in [5.41, 5.74) is 8.25. The zero-order chi connectivity index (χ0) is 11.7. The number of aromatic nitrogens is 1. The SMILES string of the molecule is Cl.NC1CCN(Cc2cnc3ccccc3c2)C1. The highest BCUT2D eigenvalue weighted by atomic mass is 35.5. The molecule has 1 fully saturated rings. The monoisotopic (exact) mass is 263 g/mol. The van der Waals surface area contributed by atoms with Crippen LogP contribution in [-0.2, 0) is 6.54 Å². The van der Waals surface area contributed by atoms with Crippen LogP contribution in [0.4, 0.5) is 0 Å². The van der Waals surface area contributed by atoms with E-state index in [0.717, 1.165) is 31.6 Å². The van der Waals surface area contributed by atoms with Gasteiger partial charge in [-0.25, -0.2) is 0 Å². The van der Waals surface area contributed by atoms with E-state index < -0.39 is 0 Å². The van der Waals surface area contributed by atoms with Gasteiger partial charge >= 0.3 is 0 Å². The molecule has 1 unspecified atom stereocenters. The Balaban J connectivity index is 0.00000120. The smallest absolute Gasteiger partial charge is 0.0702 e. The predicted octanol–water partition coefficient (Wildman–Crippen LogP) is 2.19. The van der Waals surface area contributed by atoms with E-state index in [1.807, 2.05) is 18.3 Å². The summed E-state index contributed by atoms with van der Waals surface area (Å²) in [6.07, 6.45) is 3.09. The topological polar surface area (TPSA) is 42.1 Å². The van der Waals surface area contributed by atoms with Crippen molar-refractivity contribution < 1.29 is 0 Å². The molecule has 3 rings (SSSR count). The maximum absolute atomic E-state index is 5.91. The maximum atomic E-state index is 5.91. The second-order valence-corrected chi connectivity index (χ2v) is 4.82. The van der Waals surface area contributed by atoms with E-state index in [1.165, 1.54) is 10.9 Å². The lowest BCUT2D eigenvalue weighted by Gasteiger charge is -2.15. The Bertz CT molecular complexity index is 529. The average Bonchev–Trinajstić information content (AvgIpc) is 2.75. The third-order valence-corrected chi connectivity index (χ3v) is 3.36. The Morgan fingerprint density at radius 2 is 2.17 bits per heavy atom.